The van der Waals surface area contributed by atoms with Gasteiger partial charge in [0.05, 0.1) is 12.6 Å². The van der Waals surface area contributed by atoms with Crippen LogP contribution in [0, 0.1) is 31.5 Å². The first-order chi connectivity index (χ1) is 14.6. The second kappa shape index (κ2) is 9.62. The van der Waals surface area contributed by atoms with E-state index in [2.05, 4.69) is 71.7 Å². The van der Waals surface area contributed by atoms with Crippen LogP contribution in [0.25, 0.3) is 5.57 Å². The van der Waals surface area contributed by atoms with Gasteiger partial charge < -0.3 is 10.0 Å². The third-order valence-corrected chi connectivity index (χ3v) is 6.92. The number of rotatable bonds is 6. The van der Waals surface area contributed by atoms with Crippen molar-refractivity contribution in [1.82, 2.24) is 4.90 Å². The lowest BCUT2D eigenvalue weighted by atomic mass is 9.83. The van der Waals surface area contributed by atoms with Crippen LogP contribution in [0.2, 0.25) is 0 Å². The molecule has 0 aliphatic carbocycles. The van der Waals surface area contributed by atoms with Crippen molar-refractivity contribution in [1.29, 1.82) is 0 Å². The van der Waals surface area contributed by atoms with Gasteiger partial charge >= 0.3 is 0 Å². The average Bonchev–Trinajstić information content (AvgIpc) is 2.67. The summed E-state index contributed by atoms with van der Waals surface area (Å²) < 4.78 is 13.7. The Hall–Kier alpha value is -2.04. The maximum absolute atomic E-state index is 13.7. The minimum atomic E-state index is -0.250. The molecule has 1 atom stereocenters. The normalized spacial score (nSPS) is 17.4. The van der Waals surface area contributed by atoms with Crippen molar-refractivity contribution in [3.05, 3.63) is 81.1 Å². The van der Waals surface area contributed by atoms with Gasteiger partial charge in [-0.3, -0.25) is 0 Å². The van der Waals surface area contributed by atoms with Crippen LogP contribution in [0.3, 0.4) is 0 Å². The fourth-order valence-electron chi connectivity index (χ4n) is 4.80. The van der Waals surface area contributed by atoms with Crippen LogP contribution in [0.15, 0.2) is 63.5 Å². The SMILES string of the molecule is Cc1cc(C)cc(SC2=C(C(C)C)N(C)C(C(C)C)C(CO)=C2c2ccc(F)cc2)c1. The van der Waals surface area contributed by atoms with Crippen molar-refractivity contribution in [3.8, 4) is 0 Å². The summed E-state index contributed by atoms with van der Waals surface area (Å²) >= 11 is 1.75. The fraction of sp³-hybridized carbons (Fsp3) is 0.407. The molecule has 0 radical (unpaired) electrons. The van der Waals surface area contributed by atoms with Gasteiger partial charge in [0, 0.05) is 28.1 Å². The van der Waals surface area contributed by atoms with E-state index in [1.165, 1.54) is 33.9 Å². The predicted molar refractivity (Wildman–Crippen MR) is 130 cm³/mol. The highest BCUT2D eigenvalue weighted by atomic mass is 32.2. The molecule has 2 nitrogen and oxygen atoms in total. The molecule has 0 fully saturated rings. The van der Waals surface area contributed by atoms with Crippen molar-refractivity contribution in [2.75, 3.05) is 13.7 Å². The van der Waals surface area contributed by atoms with Gasteiger partial charge in [-0.1, -0.05) is 57.7 Å². The summed E-state index contributed by atoms with van der Waals surface area (Å²) in [7, 11) is 2.14. The molecule has 4 heteroatoms. The molecular weight excluding hydrogens is 405 g/mol. The van der Waals surface area contributed by atoms with Crippen LogP contribution in [-0.4, -0.2) is 29.7 Å². The van der Waals surface area contributed by atoms with Gasteiger partial charge in [0.2, 0.25) is 0 Å². The van der Waals surface area contributed by atoms with Crippen molar-refractivity contribution in [2.24, 2.45) is 11.8 Å². The van der Waals surface area contributed by atoms with E-state index in [9.17, 15) is 9.50 Å². The molecule has 3 rings (SSSR count). The van der Waals surface area contributed by atoms with Gasteiger partial charge in [0.1, 0.15) is 5.82 Å². The number of benzene rings is 2. The molecule has 1 aliphatic heterocycles. The van der Waals surface area contributed by atoms with Crippen LogP contribution in [0.1, 0.15) is 44.4 Å². The van der Waals surface area contributed by atoms with E-state index in [-0.39, 0.29) is 18.5 Å². The first-order valence-corrected chi connectivity index (χ1v) is 11.8. The highest BCUT2D eigenvalue weighted by Crippen LogP contribution is 2.48. The van der Waals surface area contributed by atoms with Crippen LogP contribution in [0.5, 0.6) is 0 Å². The predicted octanol–water partition coefficient (Wildman–Crippen LogP) is 6.82. The minimum Gasteiger partial charge on any atom is -0.392 e. The number of aliphatic hydroxyl groups is 1. The first-order valence-electron chi connectivity index (χ1n) is 11.0. The molecular formula is C27H34FNOS. The van der Waals surface area contributed by atoms with Crippen LogP contribution in [-0.2, 0) is 0 Å². The summed E-state index contributed by atoms with van der Waals surface area (Å²) in [5, 5.41) is 10.5. The highest BCUT2D eigenvalue weighted by molar-refractivity contribution is 8.03. The Morgan fingerprint density at radius 2 is 1.58 bits per heavy atom. The van der Waals surface area contributed by atoms with Gasteiger partial charge in [-0.15, -0.1) is 0 Å². The zero-order valence-corrected chi connectivity index (χ0v) is 20.5. The molecule has 1 heterocycles. The molecule has 2 aromatic rings. The molecule has 1 N–H and O–H groups in total. The maximum Gasteiger partial charge on any atom is 0.123 e. The molecule has 0 saturated heterocycles. The molecule has 0 spiro atoms. The van der Waals surface area contributed by atoms with Gasteiger partial charge in [-0.05, 0) is 72.2 Å². The summed E-state index contributed by atoms with van der Waals surface area (Å²) in [4.78, 5) is 4.67. The Labute approximate surface area is 190 Å². The highest BCUT2D eigenvalue weighted by Gasteiger charge is 2.36. The van der Waals surface area contributed by atoms with Gasteiger partial charge in [0.25, 0.3) is 0 Å². The second-order valence-electron chi connectivity index (χ2n) is 9.16. The summed E-state index contributed by atoms with van der Waals surface area (Å²) in [6.07, 6.45) is 0. The Balaban J connectivity index is 2.30. The van der Waals surface area contributed by atoms with E-state index in [1.54, 1.807) is 11.8 Å². The summed E-state index contributed by atoms with van der Waals surface area (Å²) in [5.74, 6) is 0.374. The number of hydrogen-bond donors (Lipinski definition) is 1. The third-order valence-electron chi connectivity index (χ3n) is 5.83. The van der Waals surface area contributed by atoms with Crippen LogP contribution in [0.4, 0.5) is 4.39 Å². The number of nitrogens with zero attached hydrogens (tertiary/aromatic N) is 1. The lowest BCUT2D eigenvalue weighted by molar-refractivity contribution is 0.220. The van der Waals surface area contributed by atoms with E-state index >= 15 is 0 Å². The van der Waals surface area contributed by atoms with Gasteiger partial charge in [-0.2, -0.15) is 0 Å². The minimum absolute atomic E-state index is 0.0256. The number of aryl methyl sites for hydroxylation is 2. The number of aliphatic hydroxyl groups excluding tert-OH is 1. The first kappa shape index (κ1) is 23.6. The largest absolute Gasteiger partial charge is 0.392 e. The molecule has 31 heavy (non-hydrogen) atoms. The Kier molecular flexibility index (Phi) is 7.33. The summed E-state index contributed by atoms with van der Waals surface area (Å²) in [6, 6.07) is 13.4. The Morgan fingerprint density at radius 3 is 2.06 bits per heavy atom. The second-order valence-corrected chi connectivity index (χ2v) is 10.2. The number of likely N-dealkylation sites (N-methyl/N-ethyl adjacent to an activating group) is 1. The molecule has 1 unspecified atom stereocenters. The molecule has 166 valence electrons. The monoisotopic (exact) mass is 439 g/mol. The summed E-state index contributed by atoms with van der Waals surface area (Å²) in [6.45, 7) is 13.0. The number of halogens is 1. The van der Waals surface area contributed by atoms with E-state index < -0.39 is 0 Å². The van der Waals surface area contributed by atoms with Crippen LogP contribution < -0.4 is 0 Å². The Bertz CT molecular complexity index is 984. The molecule has 0 saturated carbocycles. The number of hydrogen-bond acceptors (Lipinski definition) is 3. The quantitative estimate of drug-likeness (QED) is 0.534. The Morgan fingerprint density at radius 1 is 1.00 bits per heavy atom. The van der Waals surface area contributed by atoms with Gasteiger partial charge in [0.15, 0.2) is 0 Å². The van der Waals surface area contributed by atoms with Crippen LogP contribution >= 0.6 is 11.8 Å². The zero-order valence-electron chi connectivity index (χ0n) is 19.7. The molecule has 0 bridgehead atoms. The smallest absolute Gasteiger partial charge is 0.123 e. The molecule has 1 aliphatic rings. The average molecular weight is 440 g/mol. The van der Waals surface area contributed by atoms with E-state index in [0.29, 0.717) is 11.8 Å². The molecule has 0 aromatic heterocycles. The van der Waals surface area contributed by atoms with E-state index in [4.69, 9.17) is 0 Å². The lowest BCUT2D eigenvalue weighted by Crippen LogP contribution is -2.42. The lowest BCUT2D eigenvalue weighted by Gasteiger charge is -2.44. The van der Waals surface area contributed by atoms with Crippen molar-refractivity contribution >= 4 is 17.3 Å². The number of allylic oxidation sites excluding steroid dienone is 2. The maximum atomic E-state index is 13.7. The van der Waals surface area contributed by atoms with Crippen molar-refractivity contribution < 1.29 is 9.50 Å². The van der Waals surface area contributed by atoms with Crippen molar-refractivity contribution in [2.45, 2.75) is 52.5 Å². The van der Waals surface area contributed by atoms with Crippen molar-refractivity contribution in [3.63, 3.8) is 0 Å². The summed E-state index contributed by atoms with van der Waals surface area (Å²) in [5.41, 5.74) is 6.72. The van der Waals surface area contributed by atoms with E-state index in [1.807, 2.05) is 12.1 Å². The van der Waals surface area contributed by atoms with E-state index in [0.717, 1.165) is 21.6 Å². The molecule has 2 aromatic carbocycles. The third kappa shape index (κ3) is 4.91. The fourth-order valence-corrected chi connectivity index (χ4v) is 6.36. The van der Waals surface area contributed by atoms with Gasteiger partial charge in [-0.25, -0.2) is 4.39 Å². The number of thioether (sulfide) groups is 1. The topological polar surface area (TPSA) is 23.5 Å². The zero-order chi connectivity index (χ0) is 22.9. The molecule has 0 amide bonds. The standard InChI is InChI=1S/C27H34FNOS/c1-16(2)25-23(15-30)24(20-8-10-21(28)11-9-20)27(26(17(3)4)29(25)7)31-22-13-18(5)12-19(6)14-22/h8-14,16-17,25,30H,15H2,1-7H3.